The summed E-state index contributed by atoms with van der Waals surface area (Å²) in [5, 5.41) is 3.01. The van der Waals surface area contributed by atoms with Crippen molar-refractivity contribution >= 4 is 28.9 Å². The Morgan fingerprint density at radius 3 is 2.21 bits per heavy atom. The summed E-state index contributed by atoms with van der Waals surface area (Å²) in [6, 6.07) is 16.3. The number of hydrogen-bond acceptors (Lipinski definition) is 5. The standard InChI is InChI=1S/C27H35N5O2/c1-29-14-16-30(17-15-29)19-21-4-6-23(7-5-21)28-27(34)22-18-26(33)32(20-22)25-10-8-24(9-11-25)31-12-2-3-13-31/h4-11,22H,2-3,12-20H2,1H3,(H,28,34). The molecule has 5 rings (SSSR count). The van der Waals surface area contributed by atoms with Gasteiger partial charge in [0.2, 0.25) is 11.8 Å². The Morgan fingerprint density at radius 1 is 0.882 bits per heavy atom. The van der Waals surface area contributed by atoms with E-state index in [-0.39, 0.29) is 24.2 Å². The molecule has 3 saturated heterocycles. The average Bonchev–Trinajstić information content (AvgIpc) is 3.52. The first-order chi connectivity index (χ1) is 16.5. The van der Waals surface area contributed by atoms with Gasteiger partial charge in [-0.3, -0.25) is 14.5 Å². The molecule has 3 aliphatic heterocycles. The molecular weight excluding hydrogens is 426 g/mol. The molecule has 3 aliphatic rings. The molecular formula is C27H35N5O2. The van der Waals surface area contributed by atoms with Crippen molar-refractivity contribution in [1.82, 2.24) is 9.80 Å². The van der Waals surface area contributed by atoms with Gasteiger partial charge >= 0.3 is 0 Å². The molecule has 1 atom stereocenters. The number of benzene rings is 2. The molecule has 0 aliphatic carbocycles. The van der Waals surface area contributed by atoms with Crippen molar-refractivity contribution in [2.75, 3.05) is 68.0 Å². The smallest absolute Gasteiger partial charge is 0.229 e. The Hall–Kier alpha value is -2.90. The molecule has 7 nitrogen and oxygen atoms in total. The Morgan fingerprint density at radius 2 is 1.53 bits per heavy atom. The highest BCUT2D eigenvalue weighted by molar-refractivity contribution is 6.03. The number of carbonyl (C=O) groups is 2. The number of nitrogens with zero attached hydrogens (tertiary/aromatic N) is 4. The average molecular weight is 462 g/mol. The predicted molar refractivity (Wildman–Crippen MR) is 136 cm³/mol. The molecule has 0 saturated carbocycles. The Kier molecular flexibility index (Phi) is 6.83. The second kappa shape index (κ2) is 10.2. The number of likely N-dealkylation sites (N-methyl/N-ethyl adjacent to an activating group) is 1. The highest BCUT2D eigenvalue weighted by Crippen LogP contribution is 2.29. The summed E-state index contributed by atoms with van der Waals surface area (Å²) in [6.07, 6.45) is 2.73. The maximum atomic E-state index is 12.9. The molecule has 3 heterocycles. The predicted octanol–water partition coefficient (Wildman–Crippen LogP) is 3.03. The number of piperazine rings is 1. The van der Waals surface area contributed by atoms with Crippen LogP contribution in [0.25, 0.3) is 0 Å². The van der Waals surface area contributed by atoms with Gasteiger partial charge in [-0.25, -0.2) is 0 Å². The van der Waals surface area contributed by atoms with Gasteiger partial charge in [-0.15, -0.1) is 0 Å². The van der Waals surface area contributed by atoms with Gasteiger partial charge in [-0.05, 0) is 61.9 Å². The zero-order chi connectivity index (χ0) is 23.5. The van der Waals surface area contributed by atoms with Crippen molar-refractivity contribution < 1.29 is 9.59 Å². The van der Waals surface area contributed by atoms with E-state index in [9.17, 15) is 9.59 Å². The normalized spacial score (nSPS) is 21.9. The molecule has 0 radical (unpaired) electrons. The lowest BCUT2D eigenvalue weighted by Crippen LogP contribution is -2.43. The van der Waals surface area contributed by atoms with Crippen molar-refractivity contribution in [3.8, 4) is 0 Å². The number of rotatable bonds is 6. The summed E-state index contributed by atoms with van der Waals surface area (Å²) >= 11 is 0. The molecule has 2 amide bonds. The van der Waals surface area contributed by atoms with Crippen LogP contribution in [0.15, 0.2) is 48.5 Å². The Labute approximate surface area is 202 Å². The van der Waals surface area contributed by atoms with Crippen LogP contribution in [-0.4, -0.2) is 74.5 Å². The monoisotopic (exact) mass is 461 g/mol. The fourth-order valence-electron chi connectivity index (χ4n) is 5.15. The van der Waals surface area contributed by atoms with Crippen molar-refractivity contribution in [3.63, 3.8) is 0 Å². The molecule has 3 fully saturated rings. The van der Waals surface area contributed by atoms with Crippen molar-refractivity contribution in [2.45, 2.75) is 25.8 Å². The van der Waals surface area contributed by atoms with Crippen LogP contribution in [-0.2, 0) is 16.1 Å². The Bertz CT molecular complexity index is 993. The van der Waals surface area contributed by atoms with Crippen LogP contribution in [0.1, 0.15) is 24.8 Å². The minimum atomic E-state index is -0.337. The summed E-state index contributed by atoms with van der Waals surface area (Å²) < 4.78 is 0. The number of nitrogens with one attached hydrogen (secondary N) is 1. The van der Waals surface area contributed by atoms with Crippen LogP contribution in [0.3, 0.4) is 0 Å². The van der Waals surface area contributed by atoms with Crippen LogP contribution in [0.5, 0.6) is 0 Å². The van der Waals surface area contributed by atoms with Gasteiger partial charge in [-0.1, -0.05) is 12.1 Å². The third-order valence-corrected chi connectivity index (χ3v) is 7.35. The lowest BCUT2D eigenvalue weighted by atomic mass is 10.1. The third kappa shape index (κ3) is 5.26. The summed E-state index contributed by atoms with van der Waals surface area (Å²) in [6.45, 7) is 7.94. The van der Waals surface area contributed by atoms with E-state index in [1.807, 2.05) is 24.3 Å². The summed E-state index contributed by atoms with van der Waals surface area (Å²) in [4.78, 5) is 34.5. The first-order valence-corrected chi connectivity index (χ1v) is 12.5. The second-order valence-corrected chi connectivity index (χ2v) is 9.88. The van der Waals surface area contributed by atoms with Crippen molar-refractivity contribution in [2.24, 2.45) is 5.92 Å². The fraction of sp³-hybridized carbons (Fsp3) is 0.481. The van der Waals surface area contributed by atoms with Gasteiger partial charge in [0.05, 0.1) is 5.92 Å². The maximum absolute atomic E-state index is 12.9. The van der Waals surface area contributed by atoms with Gasteiger partial charge in [0.25, 0.3) is 0 Å². The number of amides is 2. The summed E-state index contributed by atoms with van der Waals surface area (Å²) in [5.41, 5.74) is 4.12. The molecule has 0 spiro atoms. The second-order valence-electron chi connectivity index (χ2n) is 9.88. The zero-order valence-electron chi connectivity index (χ0n) is 20.1. The largest absolute Gasteiger partial charge is 0.372 e. The first kappa shape index (κ1) is 22.9. The van der Waals surface area contributed by atoms with Gasteiger partial charge in [0.1, 0.15) is 0 Å². The van der Waals surface area contributed by atoms with Gasteiger partial charge in [0, 0.05) is 75.8 Å². The van der Waals surface area contributed by atoms with E-state index in [0.717, 1.165) is 57.2 Å². The van der Waals surface area contributed by atoms with E-state index in [1.165, 1.54) is 24.1 Å². The van der Waals surface area contributed by atoms with E-state index in [2.05, 4.69) is 51.3 Å². The lowest BCUT2D eigenvalue weighted by Gasteiger charge is -2.32. The summed E-state index contributed by atoms with van der Waals surface area (Å²) in [7, 11) is 2.16. The van der Waals surface area contributed by atoms with Crippen LogP contribution in [0, 0.1) is 5.92 Å². The quantitative estimate of drug-likeness (QED) is 0.717. The van der Waals surface area contributed by atoms with Gasteiger partial charge < -0.3 is 20.0 Å². The van der Waals surface area contributed by atoms with Gasteiger partial charge in [-0.2, -0.15) is 0 Å². The molecule has 180 valence electrons. The van der Waals surface area contributed by atoms with Crippen LogP contribution in [0.4, 0.5) is 17.1 Å². The molecule has 1 N–H and O–H groups in total. The minimum absolute atomic E-state index is 0.0107. The highest BCUT2D eigenvalue weighted by Gasteiger charge is 2.35. The molecule has 2 aromatic rings. The van der Waals surface area contributed by atoms with Crippen LogP contribution < -0.4 is 15.1 Å². The molecule has 2 aromatic carbocycles. The first-order valence-electron chi connectivity index (χ1n) is 12.5. The Balaban J connectivity index is 1.14. The number of anilines is 3. The van der Waals surface area contributed by atoms with Gasteiger partial charge in [0.15, 0.2) is 0 Å². The van der Waals surface area contributed by atoms with E-state index in [4.69, 9.17) is 0 Å². The minimum Gasteiger partial charge on any atom is -0.372 e. The van der Waals surface area contributed by atoms with Crippen molar-refractivity contribution in [1.29, 1.82) is 0 Å². The van der Waals surface area contributed by atoms with E-state index in [1.54, 1.807) is 4.90 Å². The number of carbonyl (C=O) groups excluding carboxylic acids is 2. The third-order valence-electron chi connectivity index (χ3n) is 7.35. The number of hydrogen-bond donors (Lipinski definition) is 1. The van der Waals surface area contributed by atoms with E-state index in [0.29, 0.717) is 6.54 Å². The fourth-order valence-corrected chi connectivity index (χ4v) is 5.15. The molecule has 0 aromatic heterocycles. The topological polar surface area (TPSA) is 59.1 Å². The van der Waals surface area contributed by atoms with E-state index >= 15 is 0 Å². The maximum Gasteiger partial charge on any atom is 0.229 e. The SMILES string of the molecule is CN1CCN(Cc2ccc(NC(=O)C3CC(=O)N(c4ccc(N5CCCC5)cc4)C3)cc2)CC1. The molecule has 7 heteroatoms. The van der Waals surface area contributed by atoms with Crippen molar-refractivity contribution in [3.05, 3.63) is 54.1 Å². The van der Waals surface area contributed by atoms with E-state index < -0.39 is 0 Å². The zero-order valence-corrected chi connectivity index (χ0v) is 20.1. The molecule has 34 heavy (non-hydrogen) atoms. The lowest BCUT2D eigenvalue weighted by molar-refractivity contribution is -0.122. The molecule has 0 bridgehead atoms. The van der Waals surface area contributed by atoms with Crippen LogP contribution >= 0.6 is 0 Å². The summed E-state index contributed by atoms with van der Waals surface area (Å²) in [5.74, 6) is -0.413. The van der Waals surface area contributed by atoms with Crippen LogP contribution in [0.2, 0.25) is 0 Å². The highest BCUT2D eigenvalue weighted by atomic mass is 16.2. The molecule has 1 unspecified atom stereocenters.